The normalized spacial score (nSPS) is 11.3. The first kappa shape index (κ1) is 15.0. The SMILES string of the molecule is CS(=O)(=O)c1ccccc1NCc1cc(Br)ccc1F. The molecule has 1 N–H and O–H groups in total. The highest BCUT2D eigenvalue weighted by molar-refractivity contribution is 9.10. The van der Waals surface area contributed by atoms with Crippen LogP contribution in [0.1, 0.15) is 5.56 Å². The minimum absolute atomic E-state index is 0.204. The molecule has 0 saturated carbocycles. The summed E-state index contributed by atoms with van der Waals surface area (Å²) in [5.41, 5.74) is 0.928. The Kier molecular flexibility index (Phi) is 4.45. The Morgan fingerprint density at radius 1 is 1.20 bits per heavy atom. The van der Waals surface area contributed by atoms with E-state index in [1.807, 2.05) is 0 Å². The molecule has 6 heteroatoms. The zero-order chi connectivity index (χ0) is 14.8. The van der Waals surface area contributed by atoms with Gasteiger partial charge in [-0.2, -0.15) is 0 Å². The van der Waals surface area contributed by atoms with Gasteiger partial charge < -0.3 is 5.32 Å². The van der Waals surface area contributed by atoms with Gasteiger partial charge in [-0.1, -0.05) is 28.1 Å². The number of sulfone groups is 1. The second-order valence-corrected chi connectivity index (χ2v) is 7.26. The number of para-hydroxylation sites is 1. The maximum absolute atomic E-state index is 13.6. The van der Waals surface area contributed by atoms with Gasteiger partial charge in [0.15, 0.2) is 9.84 Å². The first-order valence-electron chi connectivity index (χ1n) is 5.85. The zero-order valence-corrected chi connectivity index (χ0v) is 13.1. The van der Waals surface area contributed by atoms with Crippen LogP contribution in [-0.2, 0) is 16.4 Å². The van der Waals surface area contributed by atoms with E-state index in [1.54, 1.807) is 30.3 Å². The number of rotatable bonds is 4. The van der Waals surface area contributed by atoms with Gasteiger partial charge in [-0.25, -0.2) is 12.8 Å². The van der Waals surface area contributed by atoms with Crippen molar-refractivity contribution in [3.05, 3.63) is 58.3 Å². The number of nitrogens with one attached hydrogen (secondary N) is 1. The molecule has 0 fully saturated rings. The third-order valence-electron chi connectivity index (χ3n) is 2.76. The first-order chi connectivity index (χ1) is 9.38. The van der Waals surface area contributed by atoms with Gasteiger partial charge in [0.2, 0.25) is 0 Å². The molecule has 0 radical (unpaired) electrons. The summed E-state index contributed by atoms with van der Waals surface area (Å²) in [6.45, 7) is 0.206. The predicted octanol–water partition coefficient (Wildman–Crippen LogP) is 3.60. The molecular weight excluding hydrogens is 345 g/mol. The first-order valence-corrected chi connectivity index (χ1v) is 8.53. The monoisotopic (exact) mass is 357 g/mol. The van der Waals surface area contributed by atoms with Crippen molar-refractivity contribution in [2.24, 2.45) is 0 Å². The lowest BCUT2D eigenvalue weighted by molar-refractivity contribution is 0.602. The van der Waals surface area contributed by atoms with Gasteiger partial charge in [0, 0.05) is 22.8 Å². The summed E-state index contributed by atoms with van der Waals surface area (Å²) < 4.78 is 37.7. The van der Waals surface area contributed by atoms with E-state index in [1.165, 1.54) is 12.1 Å². The summed E-state index contributed by atoms with van der Waals surface area (Å²) in [7, 11) is -3.32. The van der Waals surface area contributed by atoms with Crippen molar-refractivity contribution in [2.75, 3.05) is 11.6 Å². The number of hydrogen-bond acceptors (Lipinski definition) is 3. The summed E-state index contributed by atoms with van der Waals surface area (Å²) >= 11 is 3.28. The number of anilines is 1. The molecule has 0 aliphatic carbocycles. The van der Waals surface area contributed by atoms with Crippen molar-refractivity contribution in [3.63, 3.8) is 0 Å². The summed E-state index contributed by atoms with van der Waals surface area (Å²) in [5, 5.41) is 2.96. The second-order valence-electron chi connectivity index (χ2n) is 4.36. The molecule has 0 heterocycles. The largest absolute Gasteiger partial charge is 0.380 e. The van der Waals surface area contributed by atoms with E-state index in [9.17, 15) is 12.8 Å². The summed E-state index contributed by atoms with van der Waals surface area (Å²) in [4.78, 5) is 0.204. The van der Waals surface area contributed by atoms with Gasteiger partial charge in [0.1, 0.15) is 5.82 Å². The van der Waals surface area contributed by atoms with Gasteiger partial charge >= 0.3 is 0 Å². The van der Waals surface area contributed by atoms with Crippen LogP contribution in [0.4, 0.5) is 10.1 Å². The van der Waals surface area contributed by atoms with Crippen LogP contribution < -0.4 is 5.32 Å². The highest BCUT2D eigenvalue weighted by atomic mass is 79.9. The van der Waals surface area contributed by atoms with Gasteiger partial charge in [0.05, 0.1) is 10.6 Å². The van der Waals surface area contributed by atoms with Crippen LogP contribution in [0.2, 0.25) is 0 Å². The average Bonchev–Trinajstić information content (AvgIpc) is 2.39. The maximum Gasteiger partial charge on any atom is 0.177 e. The van der Waals surface area contributed by atoms with Gasteiger partial charge in [0.25, 0.3) is 0 Å². The lowest BCUT2D eigenvalue weighted by atomic mass is 10.2. The van der Waals surface area contributed by atoms with Crippen molar-refractivity contribution in [1.29, 1.82) is 0 Å². The minimum Gasteiger partial charge on any atom is -0.380 e. The lowest BCUT2D eigenvalue weighted by Gasteiger charge is -2.11. The molecule has 0 saturated heterocycles. The van der Waals surface area contributed by atoms with Crippen molar-refractivity contribution in [1.82, 2.24) is 0 Å². The number of hydrogen-bond donors (Lipinski definition) is 1. The summed E-state index contributed by atoms with van der Waals surface area (Å²) in [5.74, 6) is -0.336. The highest BCUT2D eigenvalue weighted by Gasteiger charge is 2.12. The zero-order valence-electron chi connectivity index (χ0n) is 10.7. The number of halogens is 2. The van der Waals surface area contributed by atoms with E-state index < -0.39 is 9.84 Å². The molecule has 20 heavy (non-hydrogen) atoms. The molecule has 0 amide bonds. The Labute approximate surface area is 125 Å². The lowest BCUT2D eigenvalue weighted by Crippen LogP contribution is -2.07. The van der Waals surface area contributed by atoms with Crippen LogP contribution in [0.15, 0.2) is 51.8 Å². The fraction of sp³-hybridized carbons (Fsp3) is 0.143. The van der Waals surface area contributed by atoms with Crippen molar-refractivity contribution in [3.8, 4) is 0 Å². The molecule has 0 aliphatic rings. The molecule has 0 bridgehead atoms. The van der Waals surface area contributed by atoms with Crippen LogP contribution in [0.25, 0.3) is 0 Å². The molecule has 0 aliphatic heterocycles. The Balaban J connectivity index is 2.26. The maximum atomic E-state index is 13.6. The van der Waals surface area contributed by atoms with E-state index in [0.717, 1.165) is 10.7 Å². The summed E-state index contributed by atoms with van der Waals surface area (Å²) in [6.07, 6.45) is 1.15. The average molecular weight is 358 g/mol. The predicted molar refractivity (Wildman–Crippen MR) is 81.0 cm³/mol. The Bertz CT molecular complexity index is 732. The van der Waals surface area contributed by atoms with Crippen molar-refractivity contribution in [2.45, 2.75) is 11.4 Å². The Morgan fingerprint density at radius 2 is 1.90 bits per heavy atom. The van der Waals surface area contributed by atoms with Gasteiger partial charge in [-0.3, -0.25) is 0 Å². The molecule has 0 spiro atoms. The molecular formula is C14H13BrFNO2S. The molecule has 3 nitrogen and oxygen atoms in total. The fourth-order valence-electron chi connectivity index (χ4n) is 1.81. The highest BCUT2D eigenvalue weighted by Crippen LogP contribution is 2.22. The van der Waals surface area contributed by atoms with Crippen LogP contribution in [0, 0.1) is 5.82 Å². The Hall–Kier alpha value is -1.40. The van der Waals surface area contributed by atoms with Crippen LogP contribution in [0.5, 0.6) is 0 Å². The molecule has 2 aromatic carbocycles. The summed E-state index contributed by atoms with van der Waals surface area (Å²) in [6, 6.07) is 11.2. The standard InChI is InChI=1S/C14H13BrFNO2S/c1-20(18,19)14-5-3-2-4-13(14)17-9-10-8-11(15)6-7-12(10)16/h2-8,17H,9H2,1H3. The van der Waals surface area contributed by atoms with Crippen molar-refractivity contribution >= 4 is 31.5 Å². The molecule has 2 rings (SSSR count). The van der Waals surface area contributed by atoms with Gasteiger partial charge in [-0.05, 0) is 30.3 Å². The molecule has 0 atom stereocenters. The minimum atomic E-state index is -3.32. The van der Waals surface area contributed by atoms with E-state index >= 15 is 0 Å². The topological polar surface area (TPSA) is 46.2 Å². The molecule has 106 valence electrons. The third kappa shape index (κ3) is 3.58. The quantitative estimate of drug-likeness (QED) is 0.908. The molecule has 0 unspecified atom stereocenters. The van der Waals surface area contributed by atoms with Crippen molar-refractivity contribution < 1.29 is 12.8 Å². The fourth-order valence-corrected chi connectivity index (χ4v) is 3.08. The molecule has 2 aromatic rings. The van der Waals surface area contributed by atoms with Crippen LogP contribution in [-0.4, -0.2) is 14.7 Å². The van der Waals surface area contributed by atoms with Crippen LogP contribution in [0.3, 0.4) is 0 Å². The second kappa shape index (κ2) is 5.93. The third-order valence-corrected chi connectivity index (χ3v) is 4.41. The smallest absolute Gasteiger partial charge is 0.177 e. The van der Waals surface area contributed by atoms with Crippen LogP contribution >= 0.6 is 15.9 Å². The molecule has 0 aromatic heterocycles. The number of benzene rings is 2. The van der Waals surface area contributed by atoms with E-state index in [4.69, 9.17) is 0 Å². The van der Waals surface area contributed by atoms with Gasteiger partial charge in [-0.15, -0.1) is 0 Å². The van der Waals surface area contributed by atoms with E-state index in [2.05, 4.69) is 21.2 Å². The Morgan fingerprint density at radius 3 is 2.60 bits per heavy atom. The van der Waals surface area contributed by atoms with E-state index in [-0.39, 0.29) is 17.3 Å². The van der Waals surface area contributed by atoms with E-state index in [0.29, 0.717) is 11.3 Å².